The van der Waals surface area contributed by atoms with Gasteiger partial charge in [-0.3, -0.25) is 0 Å². The van der Waals surface area contributed by atoms with Crippen molar-refractivity contribution in [2.24, 2.45) is 0 Å². The SMILES string of the molecule is CCCCCCCCCCCCCCCCCC(=O)[O-].CCCCCCCCCCCCCCCCCC(=O)[O-].CCCCCCCCCCCCCCCCCC(=O)[O-].[La+3]. The number of carbonyl (C=O) groups is 3. The summed E-state index contributed by atoms with van der Waals surface area (Å²) < 4.78 is 0. The molecule has 0 aliphatic carbocycles. The Bertz CT molecular complexity index is 717. The van der Waals surface area contributed by atoms with Crippen molar-refractivity contribution in [3.05, 3.63) is 0 Å². The van der Waals surface area contributed by atoms with Crippen LogP contribution in [0, 0.1) is 35.6 Å². The minimum Gasteiger partial charge on any atom is -0.550 e. The van der Waals surface area contributed by atoms with E-state index in [-0.39, 0.29) is 54.9 Å². The molecule has 0 fully saturated rings. The Hall–Kier alpha value is -0.395. The maximum atomic E-state index is 10.2. The maximum absolute atomic E-state index is 10.2. The van der Waals surface area contributed by atoms with E-state index in [1.54, 1.807) is 0 Å². The topological polar surface area (TPSA) is 120 Å². The van der Waals surface area contributed by atoms with Crippen LogP contribution in [0.1, 0.15) is 329 Å². The van der Waals surface area contributed by atoms with Crippen LogP contribution in [0.25, 0.3) is 0 Å². The van der Waals surface area contributed by atoms with Crippen molar-refractivity contribution >= 4 is 17.9 Å². The first kappa shape index (κ1) is 67.2. The Morgan fingerprint density at radius 1 is 0.213 bits per heavy atom. The molecule has 0 unspecified atom stereocenters. The van der Waals surface area contributed by atoms with Gasteiger partial charge in [-0.2, -0.15) is 0 Å². The second kappa shape index (κ2) is 63.9. The van der Waals surface area contributed by atoms with Gasteiger partial charge in [0.1, 0.15) is 0 Å². The Morgan fingerprint density at radius 2 is 0.311 bits per heavy atom. The molecule has 61 heavy (non-hydrogen) atoms. The fourth-order valence-electron chi connectivity index (χ4n) is 7.92. The fraction of sp³-hybridized carbons (Fsp3) is 0.944. The summed E-state index contributed by atoms with van der Waals surface area (Å²) in [6.45, 7) is 6.80. The van der Waals surface area contributed by atoms with E-state index in [9.17, 15) is 29.7 Å². The number of rotatable bonds is 48. The normalized spacial score (nSPS) is 10.7. The molecule has 0 saturated heterocycles. The molecule has 360 valence electrons. The number of carboxylic acid groups (broad SMARTS) is 3. The Balaban J connectivity index is -0.000000396. The minimum absolute atomic E-state index is 0. The van der Waals surface area contributed by atoms with Crippen LogP contribution in [0.2, 0.25) is 0 Å². The first-order chi connectivity index (χ1) is 29.3. The molecule has 0 aromatic rings. The largest absolute Gasteiger partial charge is 3.00 e. The number of hydrogen-bond donors (Lipinski definition) is 0. The van der Waals surface area contributed by atoms with Crippen molar-refractivity contribution in [3.8, 4) is 0 Å². The molecule has 0 rings (SSSR count). The van der Waals surface area contributed by atoms with Gasteiger partial charge in [-0.15, -0.1) is 0 Å². The van der Waals surface area contributed by atoms with Gasteiger partial charge in [0.2, 0.25) is 0 Å². The van der Waals surface area contributed by atoms with Crippen molar-refractivity contribution < 1.29 is 65.3 Å². The van der Waals surface area contributed by atoms with Gasteiger partial charge in [0.25, 0.3) is 0 Å². The summed E-state index contributed by atoms with van der Waals surface area (Å²) in [7, 11) is 0. The minimum atomic E-state index is -0.903. The summed E-state index contributed by atoms with van der Waals surface area (Å²) in [4.78, 5) is 30.7. The van der Waals surface area contributed by atoms with Crippen molar-refractivity contribution in [1.29, 1.82) is 0 Å². The molecule has 0 saturated carbocycles. The molecule has 0 spiro atoms. The molecule has 7 heteroatoms. The van der Waals surface area contributed by atoms with Gasteiger partial charge < -0.3 is 29.7 Å². The zero-order valence-corrected chi connectivity index (χ0v) is 45.1. The van der Waals surface area contributed by atoms with Crippen LogP contribution < -0.4 is 15.3 Å². The van der Waals surface area contributed by atoms with E-state index in [1.807, 2.05) is 0 Å². The molecule has 0 amide bonds. The van der Waals surface area contributed by atoms with Crippen LogP contribution in [-0.4, -0.2) is 17.9 Å². The predicted molar refractivity (Wildman–Crippen MR) is 254 cm³/mol. The zero-order valence-electron chi connectivity index (χ0n) is 41.5. The number of carboxylic acids is 3. The van der Waals surface area contributed by atoms with Crippen LogP contribution >= 0.6 is 0 Å². The Morgan fingerprint density at radius 3 is 0.410 bits per heavy atom. The molecule has 0 aromatic heterocycles. The number of hydrogen-bond acceptors (Lipinski definition) is 6. The van der Waals surface area contributed by atoms with E-state index in [1.165, 1.54) is 250 Å². The van der Waals surface area contributed by atoms with E-state index in [4.69, 9.17) is 0 Å². The summed E-state index contributed by atoms with van der Waals surface area (Å²) in [5.41, 5.74) is 0. The third-order valence-electron chi connectivity index (χ3n) is 12.0. The standard InChI is InChI=1S/3C18H36O2.La/c3*1-2-3-4-5-6-7-8-9-10-11-12-13-14-15-16-17-18(19)20;/h3*2-17H2,1H3,(H,19,20);/q;;;+3/p-3. The van der Waals surface area contributed by atoms with Crippen LogP contribution in [0.5, 0.6) is 0 Å². The summed E-state index contributed by atoms with van der Waals surface area (Å²) >= 11 is 0. The number of carbonyl (C=O) groups excluding carboxylic acids is 3. The molecule has 0 atom stereocenters. The molecular formula is C54H105LaO6. The average Bonchev–Trinajstić information content (AvgIpc) is 3.22. The summed E-state index contributed by atoms with van der Waals surface area (Å²) in [6, 6.07) is 0. The van der Waals surface area contributed by atoms with E-state index < -0.39 is 17.9 Å². The van der Waals surface area contributed by atoms with Crippen molar-refractivity contribution in [1.82, 2.24) is 0 Å². The van der Waals surface area contributed by atoms with Gasteiger partial charge in [-0.25, -0.2) is 0 Å². The monoisotopic (exact) mass is 989 g/mol. The van der Waals surface area contributed by atoms with Crippen molar-refractivity contribution in [2.75, 3.05) is 0 Å². The van der Waals surface area contributed by atoms with Gasteiger partial charge >= 0.3 is 35.6 Å². The predicted octanol–water partition coefficient (Wildman–Crippen LogP) is 15.0. The van der Waals surface area contributed by atoms with Gasteiger partial charge in [0.05, 0.1) is 0 Å². The quantitative estimate of drug-likeness (QED) is 0.0560. The van der Waals surface area contributed by atoms with E-state index in [0.29, 0.717) is 0 Å². The van der Waals surface area contributed by atoms with E-state index >= 15 is 0 Å². The fourth-order valence-corrected chi connectivity index (χ4v) is 7.92. The molecule has 0 radical (unpaired) electrons. The van der Waals surface area contributed by atoms with Gasteiger partial charge in [0, 0.05) is 17.9 Å². The third kappa shape index (κ3) is 77.2. The summed E-state index contributed by atoms with van der Waals surface area (Å²) in [6.07, 6.45) is 59.6. The Labute approximate surface area is 409 Å². The van der Waals surface area contributed by atoms with Crippen LogP contribution in [0.15, 0.2) is 0 Å². The van der Waals surface area contributed by atoms with Crippen LogP contribution in [0.3, 0.4) is 0 Å². The molecule has 0 bridgehead atoms. The number of unbranched alkanes of at least 4 members (excludes halogenated alkanes) is 42. The summed E-state index contributed by atoms with van der Waals surface area (Å²) in [5, 5.41) is 30.7. The molecule has 0 aliphatic rings. The molecule has 0 N–H and O–H groups in total. The van der Waals surface area contributed by atoms with Crippen molar-refractivity contribution in [3.63, 3.8) is 0 Å². The molecule has 0 aliphatic heterocycles. The van der Waals surface area contributed by atoms with Crippen LogP contribution in [0.4, 0.5) is 0 Å². The average molecular weight is 989 g/mol. The molecule has 0 aromatic carbocycles. The Kier molecular flexibility index (Phi) is 70.4. The van der Waals surface area contributed by atoms with Gasteiger partial charge in [-0.1, -0.05) is 290 Å². The van der Waals surface area contributed by atoms with Gasteiger partial charge in [0.15, 0.2) is 0 Å². The van der Waals surface area contributed by atoms with E-state index in [0.717, 1.165) is 38.5 Å². The summed E-state index contributed by atoms with van der Waals surface area (Å²) in [5.74, 6) is -2.71. The third-order valence-corrected chi connectivity index (χ3v) is 12.0. The molecule has 6 nitrogen and oxygen atoms in total. The van der Waals surface area contributed by atoms with Gasteiger partial charge in [-0.05, 0) is 38.5 Å². The first-order valence-electron chi connectivity index (χ1n) is 26.9. The van der Waals surface area contributed by atoms with Crippen molar-refractivity contribution in [2.45, 2.75) is 329 Å². The molecular weight excluding hydrogens is 883 g/mol. The molecule has 0 heterocycles. The maximum Gasteiger partial charge on any atom is 3.00 e. The van der Waals surface area contributed by atoms with Crippen LogP contribution in [-0.2, 0) is 14.4 Å². The second-order valence-corrected chi connectivity index (χ2v) is 18.2. The number of aliphatic carboxylic acids is 3. The zero-order chi connectivity index (χ0) is 44.7. The first-order valence-corrected chi connectivity index (χ1v) is 26.9. The smallest absolute Gasteiger partial charge is 0.550 e. The van der Waals surface area contributed by atoms with E-state index in [2.05, 4.69) is 20.8 Å². The second-order valence-electron chi connectivity index (χ2n) is 18.2.